The van der Waals surface area contributed by atoms with Crippen molar-refractivity contribution in [3.8, 4) is 5.69 Å². The second kappa shape index (κ2) is 8.87. The van der Waals surface area contributed by atoms with Crippen molar-refractivity contribution in [2.75, 3.05) is 13.1 Å². The predicted molar refractivity (Wildman–Crippen MR) is 130 cm³/mol. The van der Waals surface area contributed by atoms with E-state index in [1.165, 1.54) is 15.3 Å². The van der Waals surface area contributed by atoms with Gasteiger partial charge in [-0.3, -0.25) is 4.79 Å². The molecule has 5 rings (SSSR count). The van der Waals surface area contributed by atoms with E-state index in [9.17, 15) is 4.79 Å². The van der Waals surface area contributed by atoms with Gasteiger partial charge in [-0.1, -0.05) is 30.3 Å². The first-order valence-corrected chi connectivity index (χ1v) is 12.2. The molecule has 4 aromatic rings. The number of thiazole rings is 1. The first-order valence-electron chi connectivity index (χ1n) is 11.3. The molecule has 0 radical (unpaired) electrons. The molecule has 1 amide bonds. The smallest absolute Gasteiger partial charge is 0.222 e. The maximum absolute atomic E-state index is 13.1. The highest BCUT2D eigenvalue weighted by molar-refractivity contribution is 7.18. The lowest BCUT2D eigenvalue weighted by Crippen LogP contribution is -2.39. The second-order valence-corrected chi connectivity index (χ2v) is 9.66. The van der Waals surface area contributed by atoms with Crippen LogP contribution in [0.15, 0.2) is 54.6 Å². The first-order chi connectivity index (χ1) is 15.6. The summed E-state index contributed by atoms with van der Waals surface area (Å²) in [4.78, 5) is 20.0. The molecule has 3 heterocycles. The van der Waals surface area contributed by atoms with Gasteiger partial charge in [0.25, 0.3) is 0 Å². The van der Waals surface area contributed by atoms with Gasteiger partial charge in [-0.25, -0.2) is 9.67 Å². The monoisotopic (exact) mass is 444 g/mol. The molecule has 0 bridgehead atoms. The Bertz CT molecular complexity index is 1210. The highest BCUT2D eigenvalue weighted by atomic mass is 32.1. The molecule has 0 N–H and O–H groups in total. The SMILES string of the molecule is Cc1nn(-c2ccccc2)c(C)c1CCC(=O)N1CCC[C@H](c2nc3ccccc3s2)C1. The van der Waals surface area contributed by atoms with Gasteiger partial charge in [0.1, 0.15) is 0 Å². The van der Waals surface area contributed by atoms with Crippen LogP contribution in [0, 0.1) is 13.8 Å². The van der Waals surface area contributed by atoms with Gasteiger partial charge < -0.3 is 4.90 Å². The van der Waals surface area contributed by atoms with Crippen LogP contribution >= 0.6 is 11.3 Å². The summed E-state index contributed by atoms with van der Waals surface area (Å²) in [6.07, 6.45) is 3.39. The van der Waals surface area contributed by atoms with Crippen molar-refractivity contribution in [2.24, 2.45) is 0 Å². The second-order valence-electron chi connectivity index (χ2n) is 8.60. The van der Waals surface area contributed by atoms with E-state index in [-0.39, 0.29) is 5.91 Å². The molecule has 2 aromatic carbocycles. The minimum atomic E-state index is 0.238. The fourth-order valence-corrected chi connectivity index (χ4v) is 5.81. The van der Waals surface area contributed by atoms with Gasteiger partial charge in [0.2, 0.25) is 5.91 Å². The van der Waals surface area contributed by atoms with E-state index in [4.69, 9.17) is 10.1 Å². The number of carbonyl (C=O) groups is 1. The molecule has 0 spiro atoms. The molecule has 0 saturated carbocycles. The molecule has 0 unspecified atom stereocenters. The quantitative estimate of drug-likeness (QED) is 0.412. The summed E-state index contributed by atoms with van der Waals surface area (Å²) in [7, 11) is 0. The van der Waals surface area contributed by atoms with Crippen molar-refractivity contribution < 1.29 is 4.79 Å². The van der Waals surface area contributed by atoms with Crippen LogP contribution in [0.2, 0.25) is 0 Å². The Hall–Kier alpha value is -2.99. The minimum absolute atomic E-state index is 0.238. The molecule has 5 nitrogen and oxygen atoms in total. The van der Waals surface area contributed by atoms with Crippen molar-refractivity contribution >= 4 is 27.5 Å². The largest absolute Gasteiger partial charge is 0.342 e. The third kappa shape index (κ3) is 4.07. The van der Waals surface area contributed by atoms with Crippen molar-refractivity contribution in [3.05, 3.63) is 76.6 Å². The Balaban J connectivity index is 1.26. The van der Waals surface area contributed by atoms with Crippen molar-refractivity contribution in [2.45, 2.75) is 45.4 Å². The number of hydrogen-bond donors (Lipinski definition) is 0. The number of para-hydroxylation sites is 2. The Morgan fingerprint density at radius 1 is 1.09 bits per heavy atom. The van der Waals surface area contributed by atoms with Gasteiger partial charge in [0.05, 0.1) is 26.6 Å². The molecule has 1 aliphatic heterocycles. The minimum Gasteiger partial charge on any atom is -0.342 e. The Labute approximate surface area is 192 Å². The van der Waals surface area contributed by atoms with Gasteiger partial charge in [-0.15, -0.1) is 11.3 Å². The molecular weight excluding hydrogens is 416 g/mol. The number of aryl methyl sites for hydroxylation is 1. The average Bonchev–Trinajstić information content (AvgIpc) is 3.39. The molecule has 1 aliphatic rings. The molecular formula is C26H28N4OS. The number of benzene rings is 2. The van der Waals surface area contributed by atoms with E-state index in [1.807, 2.05) is 40.8 Å². The van der Waals surface area contributed by atoms with E-state index in [1.54, 1.807) is 11.3 Å². The summed E-state index contributed by atoms with van der Waals surface area (Å²) < 4.78 is 3.21. The lowest BCUT2D eigenvalue weighted by molar-refractivity contribution is -0.132. The predicted octanol–water partition coefficient (Wildman–Crippen LogP) is 5.44. The number of fused-ring (bicyclic) bond motifs is 1. The summed E-state index contributed by atoms with van der Waals surface area (Å²) in [5, 5.41) is 5.89. The van der Waals surface area contributed by atoms with Crippen LogP contribution in [0.5, 0.6) is 0 Å². The van der Waals surface area contributed by atoms with Gasteiger partial charge in [0, 0.05) is 31.1 Å². The topological polar surface area (TPSA) is 51.0 Å². The number of aromatic nitrogens is 3. The normalized spacial score (nSPS) is 16.6. The summed E-state index contributed by atoms with van der Waals surface area (Å²) in [6, 6.07) is 18.5. The molecule has 6 heteroatoms. The van der Waals surface area contributed by atoms with E-state index in [0.717, 1.165) is 54.9 Å². The summed E-state index contributed by atoms with van der Waals surface area (Å²) >= 11 is 1.77. The van der Waals surface area contributed by atoms with E-state index < -0.39 is 0 Å². The maximum atomic E-state index is 13.1. The molecule has 32 heavy (non-hydrogen) atoms. The van der Waals surface area contributed by atoms with Crippen LogP contribution in [0.25, 0.3) is 15.9 Å². The molecule has 2 aromatic heterocycles. The Kier molecular flexibility index (Phi) is 5.79. The van der Waals surface area contributed by atoms with Crippen LogP contribution < -0.4 is 0 Å². The number of carbonyl (C=O) groups excluding carboxylic acids is 1. The summed E-state index contributed by atoms with van der Waals surface area (Å²) in [6.45, 7) is 5.76. The zero-order chi connectivity index (χ0) is 22.1. The number of piperidine rings is 1. The van der Waals surface area contributed by atoms with Crippen molar-refractivity contribution in [1.82, 2.24) is 19.7 Å². The molecule has 1 saturated heterocycles. The third-order valence-electron chi connectivity index (χ3n) is 6.46. The lowest BCUT2D eigenvalue weighted by atomic mass is 9.98. The van der Waals surface area contributed by atoms with Gasteiger partial charge in [0.15, 0.2) is 0 Å². The van der Waals surface area contributed by atoms with Crippen LogP contribution in [0.1, 0.15) is 47.1 Å². The standard InChI is InChI=1S/C26H28N4OS/c1-18-22(19(2)30(28-18)21-10-4-3-5-11-21)14-15-25(31)29-16-8-9-20(17-29)26-27-23-12-6-7-13-24(23)32-26/h3-7,10-13,20H,8-9,14-17H2,1-2H3/t20-/m0/s1. The molecule has 164 valence electrons. The highest BCUT2D eigenvalue weighted by Gasteiger charge is 2.27. The number of amides is 1. The number of likely N-dealkylation sites (tertiary alicyclic amines) is 1. The van der Waals surface area contributed by atoms with Crippen LogP contribution in [0.3, 0.4) is 0 Å². The maximum Gasteiger partial charge on any atom is 0.222 e. The van der Waals surface area contributed by atoms with Crippen molar-refractivity contribution in [3.63, 3.8) is 0 Å². The Morgan fingerprint density at radius 3 is 2.69 bits per heavy atom. The number of hydrogen-bond acceptors (Lipinski definition) is 4. The van der Waals surface area contributed by atoms with Crippen LogP contribution in [0.4, 0.5) is 0 Å². The van der Waals surface area contributed by atoms with E-state index >= 15 is 0 Å². The average molecular weight is 445 g/mol. The van der Waals surface area contributed by atoms with Gasteiger partial charge in [-0.2, -0.15) is 5.10 Å². The summed E-state index contributed by atoms with van der Waals surface area (Å²) in [5.74, 6) is 0.580. The first kappa shape index (κ1) is 20.9. The van der Waals surface area contributed by atoms with Gasteiger partial charge >= 0.3 is 0 Å². The van der Waals surface area contributed by atoms with E-state index in [2.05, 4.69) is 37.3 Å². The highest BCUT2D eigenvalue weighted by Crippen LogP contribution is 2.33. The fourth-order valence-electron chi connectivity index (χ4n) is 4.72. The summed E-state index contributed by atoms with van der Waals surface area (Å²) in [5.41, 5.74) is 5.43. The number of nitrogens with zero attached hydrogens (tertiary/aromatic N) is 4. The van der Waals surface area contributed by atoms with Crippen LogP contribution in [-0.4, -0.2) is 38.7 Å². The molecule has 1 fully saturated rings. The van der Waals surface area contributed by atoms with Crippen molar-refractivity contribution in [1.29, 1.82) is 0 Å². The third-order valence-corrected chi connectivity index (χ3v) is 7.66. The fraction of sp³-hybridized carbons (Fsp3) is 0.346. The number of rotatable bonds is 5. The molecule has 0 aliphatic carbocycles. The van der Waals surface area contributed by atoms with E-state index in [0.29, 0.717) is 12.3 Å². The Morgan fingerprint density at radius 2 is 1.88 bits per heavy atom. The zero-order valence-corrected chi connectivity index (χ0v) is 19.4. The van der Waals surface area contributed by atoms with Gasteiger partial charge in [-0.05, 0) is 62.9 Å². The van der Waals surface area contributed by atoms with Crippen LogP contribution in [-0.2, 0) is 11.2 Å². The molecule has 1 atom stereocenters. The zero-order valence-electron chi connectivity index (χ0n) is 18.6. The lowest BCUT2D eigenvalue weighted by Gasteiger charge is -2.32.